The molecular formula is C22H27F4N7O2. The third-order valence-electron chi connectivity index (χ3n) is 6.23. The number of aromatic nitrogens is 3. The first-order valence-corrected chi connectivity index (χ1v) is 11.3. The SMILES string of the molecule is NC(=O)CN1CC[C@H](CNc2ncnc(N(Cc3ccc(C(F)(F)F)cn3)C3CC3)c2F)[C@@H](O)C1. The Balaban J connectivity index is 1.42. The minimum Gasteiger partial charge on any atom is -0.391 e. The number of nitrogens with one attached hydrogen (secondary N) is 1. The van der Waals surface area contributed by atoms with Gasteiger partial charge in [0.2, 0.25) is 11.7 Å². The summed E-state index contributed by atoms with van der Waals surface area (Å²) in [7, 11) is 0. The van der Waals surface area contributed by atoms with Crippen LogP contribution in [0.25, 0.3) is 0 Å². The molecule has 0 radical (unpaired) electrons. The van der Waals surface area contributed by atoms with Crippen molar-refractivity contribution in [3.8, 4) is 0 Å². The number of nitrogens with zero attached hydrogens (tertiary/aromatic N) is 5. The number of hydrogen-bond acceptors (Lipinski definition) is 8. The summed E-state index contributed by atoms with van der Waals surface area (Å²) in [5.74, 6) is -1.29. The highest BCUT2D eigenvalue weighted by molar-refractivity contribution is 5.75. The Morgan fingerprint density at radius 3 is 2.60 bits per heavy atom. The number of β-amino-alcohol motifs (C(OH)–C–C–N with tert-alkyl or cyclic N) is 1. The largest absolute Gasteiger partial charge is 0.417 e. The predicted molar refractivity (Wildman–Crippen MR) is 119 cm³/mol. The van der Waals surface area contributed by atoms with Crippen LogP contribution in [0.4, 0.5) is 29.2 Å². The molecule has 2 aromatic rings. The van der Waals surface area contributed by atoms with Gasteiger partial charge in [-0.2, -0.15) is 17.6 Å². The Labute approximate surface area is 199 Å². The van der Waals surface area contributed by atoms with Gasteiger partial charge in [0.1, 0.15) is 6.33 Å². The Bertz CT molecular complexity index is 1030. The zero-order valence-corrected chi connectivity index (χ0v) is 18.9. The summed E-state index contributed by atoms with van der Waals surface area (Å²) in [5, 5.41) is 13.4. The van der Waals surface area contributed by atoms with Gasteiger partial charge in [0.15, 0.2) is 11.6 Å². The number of aliphatic hydroxyl groups excluding tert-OH is 1. The number of alkyl halides is 3. The first kappa shape index (κ1) is 25.0. The van der Waals surface area contributed by atoms with Crippen LogP contribution in [0.3, 0.4) is 0 Å². The molecule has 190 valence electrons. The van der Waals surface area contributed by atoms with E-state index in [9.17, 15) is 23.1 Å². The lowest BCUT2D eigenvalue weighted by molar-refractivity contribution is -0.137. The molecule has 2 atom stereocenters. The normalized spacial score (nSPS) is 21.1. The van der Waals surface area contributed by atoms with E-state index in [1.165, 1.54) is 12.4 Å². The Kier molecular flexibility index (Phi) is 7.36. The monoisotopic (exact) mass is 497 g/mol. The number of likely N-dealkylation sites (tertiary alicyclic amines) is 1. The van der Waals surface area contributed by atoms with E-state index in [1.807, 2.05) is 0 Å². The van der Waals surface area contributed by atoms with Crippen LogP contribution in [0, 0.1) is 11.7 Å². The van der Waals surface area contributed by atoms with Gasteiger partial charge in [-0.3, -0.25) is 14.7 Å². The molecule has 9 nitrogen and oxygen atoms in total. The first-order chi connectivity index (χ1) is 16.6. The van der Waals surface area contributed by atoms with Crippen molar-refractivity contribution in [3.05, 3.63) is 41.7 Å². The van der Waals surface area contributed by atoms with Gasteiger partial charge in [0.25, 0.3) is 0 Å². The summed E-state index contributed by atoms with van der Waals surface area (Å²) in [5.41, 5.74) is 4.73. The fraction of sp³-hybridized carbons (Fsp3) is 0.545. The topological polar surface area (TPSA) is 120 Å². The molecule has 1 aliphatic heterocycles. The standard InChI is InChI=1S/C22H27F4N7O2/c23-19-20(29-7-13-5-6-32(10-17(13)34)11-18(27)35)30-12-31-21(19)33(16-3-4-16)9-15-2-1-14(8-28-15)22(24,25)26/h1-2,8,12-13,16-17,34H,3-7,9-11H2,(H2,27,35)(H,29,30,31)/t13-,17+/m1/s1. The molecule has 35 heavy (non-hydrogen) atoms. The Morgan fingerprint density at radius 1 is 1.23 bits per heavy atom. The number of amides is 1. The lowest BCUT2D eigenvalue weighted by atomic mass is 9.94. The van der Waals surface area contributed by atoms with Crippen LogP contribution in [0.1, 0.15) is 30.5 Å². The number of hydrogen-bond donors (Lipinski definition) is 3. The highest BCUT2D eigenvalue weighted by atomic mass is 19.4. The fourth-order valence-corrected chi connectivity index (χ4v) is 4.18. The maximum Gasteiger partial charge on any atom is 0.417 e. The van der Waals surface area contributed by atoms with Crippen molar-refractivity contribution in [3.63, 3.8) is 0 Å². The van der Waals surface area contributed by atoms with Crippen LogP contribution in [0.5, 0.6) is 0 Å². The molecule has 4 rings (SSSR count). The lowest BCUT2D eigenvalue weighted by Crippen LogP contribution is -2.48. The Hall–Kier alpha value is -3.06. The molecule has 1 saturated heterocycles. The van der Waals surface area contributed by atoms with Crippen LogP contribution in [-0.4, -0.2) is 69.2 Å². The number of primary amides is 1. The summed E-state index contributed by atoms with van der Waals surface area (Å²) in [4.78, 5) is 26.5. The number of carbonyl (C=O) groups excluding carboxylic acids is 1. The molecule has 1 amide bonds. The smallest absolute Gasteiger partial charge is 0.391 e. The van der Waals surface area contributed by atoms with Crippen molar-refractivity contribution in [2.45, 2.75) is 44.1 Å². The number of piperidine rings is 1. The van der Waals surface area contributed by atoms with Gasteiger partial charge >= 0.3 is 6.18 Å². The van der Waals surface area contributed by atoms with Gasteiger partial charge in [-0.1, -0.05) is 0 Å². The van der Waals surface area contributed by atoms with E-state index in [0.717, 1.165) is 25.1 Å². The van der Waals surface area contributed by atoms with Crippen molar-refractivity contribution in [1.82, 2.24) is 19.9 Å². The first-order valence-electron chi connectivity index (χ1n) is 11.3. The zero-order valence-electron chi connectivity index (χ0n) is 18.9. The molecule has 0 bridgehead atoms. The van der Waals surface area contributed by atoms with E-state index in [4.69, 9.17) is 5.73 Å². The number of rotatable bonds is 9. The number of anilines is 2. The second kappa shape index (κ2) is 10.3. The summed E-state index contributed by atoms with van der Waals surface area (Å²) >= 11 is 0. The Morgan fingerprint density at radius 2 is 2.00 bits per heavy atom. The van der Waals surface area contributed by atoms with Gasteiger partial charge in [0, 0.05) is 31.2 Å². The maximum atomic E-state index is 15.4. The molecule has 0 spiro atoms. The summed E-state index contributed by atoms with van der Waals surface area (Å²) < 4.78 is 53.8. The van der Waals surface area contributed by atoms with Crippen LogP contribution in [0.2, 0.25) is 0 Å². The van der Waals surface area contributed by atoms with E-state index in [0.29, 0.717) is 25.2 Å². The molecule has 0 aromatic carbocycles. The number of halogens is 4. The van der Waals surface area contributed by atoms with E-state index >= 15 is 4.39 Å². The second-order valence-electron chi connectivity index (χ2n) is 8.95. The fourth-order valence-electron chi connectivity index (χ4n) is 4.18. The van der Waals surface area contributed by atoms with E-state index in [1.54, 1.807) is 9.80 Å². The van der Waals surface area contributed by atoms with Gasteiger partial charge in [-0.05, 0) is 37.9 Å². The van der Waals surface area contributed by atoms with Crippen LogP contribution >= 0.6 is 0 Å². The van der Waals surface area contributed by atoms with Crippen molar-refractivity contribution in [1.29, 1.82) is 0 Å². The highest BCUT2D eigenvalue weighted by Gasteiger charge is 2.34. The summed E-state index contributed by atoms with van der Waals surface area (Å²) in [6.07, 6.45) is -0.992. The van der Waals surface area contributed by atoms with Crippen LogP contribution in [0.15, 0.2) is 24.7 Å². The quantitative estimate of drug-likeness (QED) is 0.449. The summed E-state index contributed by atoms with van der Waals surface area (Å²) in [6.45, 7) is 1.32. The molecule has 4 N–H and O–H groups in total. The zero-order chi connectivity index (χ0) is 25.2. The van der Waals surface area contributed by atoms with E-state index < -0.39 is 29.6 Å². The minimum atomic E-state index is -4.48. The third-order valence-corrected chi connectivity index (χ3v) is 6.23. The average Bonchev–Trinajstić information content (AvgIpc) is 3.63. The molecular weight excluding hydrogens is 470 g/mol. The van der Waals surface area contributed by atoms with Crippen molar-refractivity contribution < 1.29 is 27.5 Å². The molecule has 2 aromatic heterocycles. The van der Waals surface area contributed by atoms with Gasteiger partial charge < -0.3 is 21.1 Å². The molecule has 3 heterocycles. The lowest BCUT2D eigenvalue weighted by Gasteiger charge is -2.35. The summed E-state index contributed by atoms with van der Waals surface area (Å²) in [6, 6.07) is 2.24. The predicted octanol–water partition coefficient (Wildman–Crippen LogP) is 1.78. The minimum absolute atomic E-state index is 0.00717. The maximum absolute atomic E-state index is 15.4. The van der Waals surface area contributed by atoms with Crippen molar-refractivity contribution in [2.24, 2.45) is 11.7 Å². The number of pyridine rings is 1. The number of aliphatic hydroxyl groups is 1. The van der Waals surface area contributed by atoms with Gasteiger partial charge in [-0.25, -0.2) is 9.97 Å². The van der Waals surface area contributed by atoms with Gasteiger partial charge in [0.05, 0.1) is 30.5 Å². The molecule has 1 aliphatic carbocycles. The third kappa shape index (κ3) is 6.34. The molecule has 2 fully saturated rings. The van der Waals surface area contributed by atoms with Crippen molar-refractivity contribution >= 4 is 17.5 Å². The number of nitrogens with two attached hydrogens (primary N) is 1. The molecule has 0 unspecified atom stereocenters. The molecule has 13 heteroatoms. The molecule has 1 saturated carbocycles. The number of carbonyl (C=O) groups is 1. The van der Waals surface area contributed by atoms with Crippen LogP contribution in [-0.2, 0) is 17.5 Å². The van der Waals surface area contributed by atoms with E-state index in [-0.39, 0.29) is 43.2 Å². The van der Waals surface area contributed by atoms with Crippen LogP contribution < -0.4 is 16.0 Å². The van der Waals surface area contributed by atoms with Gasteiger partial charge in [-0.15, -0.1) is 0 Å². The highest BCUT2D eigenvalue weighted by Crippen LogP contribution is 2.35. The average molecular weight is 497 g/mol. The second-order valence-corrected chi connectivity index (χ2v) is 8.95. The van der Waals surface area contributed by atoms with E-state index in [2.05, 4.69) is 20.3 Å². The van der Waals surface area contributed by atoms with Crippen molar-refractivity contribution in [2.75, 3.05) is 36.4 Å². The molecule has 2 aliphatic rings.